The summed E-state index contributed by atoms with van der Waals surface area (Å²) < 4.78 is 17.4. The van der Waals surface area contributed by atoms with Crippen molar-refractivity contribution in [1.29, 1.82) is 0 Å². The highest BCUT2D eigenvalue weighted by atomic mass is 19.1. The monoisotopic (exact) mass is 209 g/mol. The van der Waals surface area contributed by atoms with Crippen LogP contribution in [0.2, 0.25) is 0 Å². The Bertz CT molecular complexity index is 363. The average molecular weight is 209 g/mol. The van der Waals surface area contributed by atoms with E-state index in [2.05, 4.69) is 4.98 Å². The molecule has 0 aliphatic carbocycles. The van der Waals surface area contributed by atoms with Crippen molar-refractivity contribution < 1.29 is 13.9 Å². The van der Waals surface area contributed by atoms with Crippen LogP contribution in [0.4, 0.5) is 4.39 Å². The molecule has 1 aromatic heterocycles. The number of hydrogen-bond donors (Lipinski definition) is 0. The van der Waals surface area contributed by atoms with Gasteiger partial charge in [0.1, 0.15) is 0 Å². The summed E-state index contributed by atoms with van der Waals surface area (Å²) in [6, 6.07) is 4.49. The lowest BCUT2D eigenvalue weighted by Crippen LogP contribution is -2.01. The normalized spacial score (nSPS) is 10.5. The standard InChI is InChI=1S/C11H12FNO2/c1-2-15-11(14)8-4-6-9-5-3-7-10(12)13-9/h3-7H,2,8H2,1H3. The number of rotatable bonds is 4. The zero-order valence-corrected chi connectivity index (χ0v) is 8.44. The minimum Gasteiger partial charge on any atom is -0.466 e. The Morgan fingerprint density at radius 2 is 2.40 bits per heavy atom. The van der Waals surface area contributed by atoms with Gasteiger partial charge in [0.2, 0.25) is 5.95 Å². The van der Waals surface area contributed by atoms with E-state index in [4.69, 9.17) is 4.74 Å². The lowest BCUT2D eigenvalue weighted by atomic mass is 10.3. The Kier molecular flexibility index (Phi) is 4.47. The molecule has 0 spiro atoms. The van der Waals surface area contributed by atoms with Crippen LogP contribution in [0.15, 0.2) is 24.3 Å². The Morgan fingerprint density at radius 3 is 3.07 bits per heavy atom. The van der Waals surface area contributed by atoms with E-state index < -0.39 is 5.95 Å². The highest BCUT2D eigenvalue weighted by Crippen LogP contribution is 2.01. The maximum atomic E-state index is 12.6. The summed E-state index contributed by atoms with van der Waals surface area (Å²) in [6.45, 7) is 2.11. The van der Waals surface area contributed by atoms with Gasteiger partial charge in [-0.05, 0) is 25.1 Å². The fourth-order valence-corrected chi connectivity index (χ4v) is 1.01. The van der Waals surface area contributed by atoms with Gasteiger partial charge in [0.15, 0.2) is 0 Å². The summed E-state index contributed by atoms with van der Waals surface area (Å²) in [4.78, 5) is 14.5. The minimum absolute atomic E-state index is 0.173. The van der Waals surface area contributed by atoms with E-state index in [0.29, 0.717) is 12.3 Å². The second-order valence-electron chi connectivity index (χ2n) is 2.80. The smallest absolute Gasteiger partial charge is 0.309 e. The SMILES string of the molecule is CCOC(=O)CC=Cc1cccc(F)n1. The van der Waals surface area contributed by atoms with Crippen molar-refractivity contribution in [3.63, 3.8) is 0 Å². The topological polar surface area (TPSA) is 39.2 Å². The van der Waals surface area contributed by atoms with E-state index in [1.807, 2.05) is 0 Å². The summed E-state index contributed by atoms with van der Waals surface area (Å²) in [5, 5.41) is 0. The zero-order valence-electron chi connectivity index (χ0n) is 8.44. The fourth-order valence-electron chi connectivity index (χ4n) is 1.01. The van der Waals surface area contributed by atoms with Crippen LogP contribution in [0.3, 0.4) is 0 Å². The van der Waals surface area contributed by atoms with Crippen LogP contribution >= 0.6 is 0 Å². The van der Waals surface area contributed by atoms with Crippen molar-refractivity contribution in [2.75, 3.05) is 6.61 Å². The van der Waals surface area contributed by atoms with Crippen molar-refractivity contribution in [1.82, 2.24) is 4.98 Å². The maximum absolute atomic E-state index is 12.6. The van der Waals surface area contributed by atoms with Crippen LogP contribution in [0.5, 0.6) is 0 Å². The predicted molar refractivity (Wildman–Crippen MR) is 54.5 cm³/mol. The summed E-state index contributed by atoms with van der Waals surface area (Å²) in [5.74, 6) is -0.835. The third-order valence-electron chi connectivity index (χ3n) is 1.62. The number of carbonyl (C=O) groups is 1. The van der Waals surface area contributed by atoms with Crippen molar-refractivity contribution in [3.8, 4) is 0 Å². The molecule has 0 unspecified atom stereocenters. The molecule has 0 N–H and O–H groups in total. The average Bonchev–Trinajstić information content (AvgIpc) is 2.18. The fraction of sp³-hybridized carbons (Fsp3) is 0.273. The van der Waals surface area contributed by atoms with Gasteiger partial charge in [-0.25, -0.2) is 4.98 Å². The van der Waals surface area contributed by atoms with Crippen LogP contribution in [-0.2, 0) is 9.53 Å². The lowest BCUT2D eigenvalue weighted by molar-refractivity contribution is -0.142. The molecular weight excluding hydrogens is 197 g/mol. The van der Waals surface area contributed by atoms with Crippen molar-refractivity contribution >= 4 is 12.0 Å². The van der Waals surface area contributed by atoms with Crippen molar-refractivity contribution in [2.24, 2.45) is 0 Å². The van der Waals surface area contributed by atoms with Crippen LogP contribution in [0, 0.1) is 5.95 Å². The van der Waals surface area contributed by atoms with E-state index in [1.54, 1.807) is 31.2 Å². The molecule has 1 aromatic rings. The Hall–Kier alpha value is -1.71. The summed E-state index contributed by atoms with van der Waals surface area (Å²) in [6.07, 6.45) is 3.35. The van der Waals surface area contributed by atoms with E-state index in [9.17, 15) is 9.18 Å². The van der Waals surface area contributed by atoms with Gasteiger partial charge in [-0.2, -0.15) is 4.39 Å². The highest BCUT2D eigenvalue weighted by Gasteiger charge is 1.97. The molecule has 0 saturated heterocycles. The lowest BCUT2D eigenvalue weighted by Gasteiger charge is -1.96. The molecule has 0 radical (unpaired) electrons. The van der Waals surface area contributed by atoms with E-state index in [0.717, 1.165) is 0 Å². The number of pyridine rings is 1. The third kappa shape index (κ3) is 4.35. The van der Waals surface area contributed by atoms with Gasteiger partial charge in [-0.1, -0.05) is 12.1 Å². The largest absolute Gasteiger partial charge is 0.466 e. The highest BCUT2D eigenvalue weighted by molar-refractivity contribution is 5.72. The number of nitrogens with zero attached hydrogens (tertiary/aromatic N) is 1. The molecule has 0 atom stereocenters. The zero-order chi connectivity index (χ0) is 11.1. The minimum atomic E-state index is -0.534. The van der Waals surface area contributed by atoms with Gasteiger partial charge in [-0.3, -0.25) is 4.79 Å². The van der Waals surface area contributed by atoms with E-state index in [-0.39, 0.29) is 12.4 Å². The Labute approximate surface area is 87.6 Å². The van der Waals surface area contributed by atoms with Gasteiger partial charge < -0.3 is 4.74 Å². The quantitative estimate of drug-likeness (QED) is 0.563. The molecular formula is C11H12FNO2. The summed E-state index contributed by atoms with van der Waals surface area (Å²) in [7, 11) is 0. The van der Waals surface area contributed by atoms with Gasteiger partial charge in [0.25, 0.3) is 0 Å². The van der Waals surface area contributed by atoms with Gasteiger partial charge in [-0.15, -0.1) is 0 Å². The van der Waals surface area contributed by atoms with Crippen molar-refractivity contribution in [2.45, 2.75) is 13.3 Å². The molecule has 80 valence electrons. The third-order valence-corrected chi connectivity index (χ3v) is 1.62. The van der Waals surface area contributed by atoms with E-state index >= 15 is 0 Å². The Morgan fingerprint density at radius 1 is 1.60 bits per heavy atom. The number of ether oxygens (including phenoxy) is 1. The molecule has 0 fully saturated rings. The van der Waals surface area contributed by atoms with Crippen LogP contribution in [0.25, 0.3) is 6.08 Å². The first-order chi connectivity index (χ1) is 7.22. The molecule has 0 amide bonds. The van der Waals surface area contributed by atoms with Gasteiger partial charge in [0.05, 0.1) is 18.7 Å². The number of esters is 1. The molecule has 1 heterocycles. The van der Waals surface area contributed by atoms with Gasteiger partial charge in [0, 0.05) is 0 Å². The van der Waals surface area contributed by atoms with Crippen LogP contribution < -0.4 is 0 Å². The maximum Gasteiger partial charge on any atom is 0.309 e. The molecule has 0 aliphatic rings. The molecule has 1 rings (SSSR count). The predicted octanol–water partition coefficient (Wildman–Crippen LogP) is 2.19. The molecule has 0 aromatic carbocycles. The molecule has 15 heavy (non-hydrogen) atoms. The first kappa shape index (κ1) is 11.4. The molecule has 0 bridgehead atoms. The molecule has 0 saturated carbocycles. The van der Waals surface area contributed by atoms with Crippen molar-refractivity contribution in [3.05, 3.63) is 35.9 Å². The molecule has 4 heteroatoms. The number of aromatic nitrogens is 1. The van der Waals surface area contributed by atoms with Gasteiger partial charge >= 0.3 is 5.97 Å². The van der Waals surface area contributed by atoms with Crippen LogP contribution in [-0.4, -0.2) is 17.6 Å². The number of carbonyl (C=O) groups excluding carboxylic acids is 1. The second-order valence-corrected chi connectivity index (χ2v) is 2.80. The second kappa shape index (κ2) is 5.90. The number of hydrogen-bond acceptors (Lipinski definition) is 3. The summed E-state index contributed by atoms with van der Waals surface area (Å²) in [5.41, 5.74) is 0.485. The Balaban J connectivity index is 2.48. The first-order valence-electron chi connectivity index (χ1n) is 4.67. The number of halogens is 1. The molecule has 3 nitrogen and oxygen atoms in total. The van der Waals surface area contributed by atoms with Crippen LogP contribution in [0.1, 0.15) is 19.0 Å². The summed E-state index contributed by atoms with van der Waals surface area (Å²) >= 11 is 0. The van der Waals surface area contributed by atoms with E-state index in [1.165, 1.54) is 6.07 Å². The molecule has 0 aliphatic heterocycles. The first-order valence-corrected chi connectivity index (χ1v) is 4.67.